The average Bonchev–Trinajstić information content (AvgIpc) is 3.47. The quantitative estimate of drug-likeness (QED) is 0.506. The standard InChI is InChI=1S/C21H27F2N7O2.C2H2/c1-12(29(2)19(31)21(23)7-8-25-11-21)5-4-6-17-27-18-13-9-14(22)16(32-3)10-15(13)26-20(24)30(18)28-17;1-2/h9-10,12,25H,4-8,11H2,1-3H3,(H2,24,26);1-2H/t12-,21?;/m0./s1. The molecule has 1 unspecified atom stereocenters. The second-order valence-electron chi connectivity index (χ2n) is 8.29. The molecule has 0 aliphatic carbocycles. The third kappa shape index (κ3) is 4.72. The largest absolute Gasteiger partial charge is 0.494 e. The summed E-state index contributed by atoms with van der Waals surface area (Å²) >= 11 is 0. The zero-order valence-electron chi connectivity index (χ0n) is 19.5. The van der Waals surface area contributed by atoms with Crippen molar-refractivity contribution in [2.24, 2.45) is 0 Å². The van der Waals surface area contributed by atoms with Crippen LogP contribution >= 0.6 is 0 Å². The number of carbonyl (C=O) groups excluding carboxylic acids is 1. The van der Waals surface area contributed by atoms with Crippen molar-refractivity contribution in [2.45, 2.75) is 44.3 Å². The van der Waals surface area contributed by atoms with Crippen LogP contribution in [0, 0.1) is 18.7 Å². The summed E-state index contributed by atoms with van der Waals surface area (Å²) in [5.74, 6) is -0.266. The van der Waals surface area contributed by atoms with E-state index >= 15 is 0 Å². The van der Waals surface area contributed by atoms with Gasteiger partial charge in [0.2, 0.25) is 11.6 Å². The zero-order chi connectivity index (χ0) is 25.0. The topological polar surface area (TPSA) is 111 Å². The SMILES string of the molecule is C#C.COc1cc2nc(N)n3nc(CCC[C@H](C)N(C)C(=O)C4(F)CCNC4)nc3c2cc1F. The van der Waals surface area contributed by atoms with Crippen molar-refractivity contribution >= 4 is 28.4 Å². The fourth-order valence-corrected chi connectivity index (χ4v) is 4.05. The normalized spacial score (nSPS) is 18.4. The highest BCUT2D eigenvalue weighted by molar-refractivity contribution is 5.93. The maximum Gasteiger partial charge on any atom is 0.261 e. The molecule has 3 heterocycles. The summed E-state index contributed by atoms with van der Waals surface area (Å²) in [4.78, 5) is 22.8. The monoisotopic (exact) mass is 473 g/mol. The van der Waals surface area contributed by atoms with Crippen molar-refractivity contribution < 1.29 is 18.3 Å². The van der Waals surface area contributed by atoms with Gasteiger partial charge in [-0.05, 0) is 32.4 Å². The summed E-state index contributed by atoms with van der Waals surface area (Å²) in [5.41, 5.74) is 5.07. The summed E-state index contributed by atoms with van der Waals surface area (Å²) in [6, 6.07) is 2.64. The van der Waals surface area contributed by atoms with Crippen molar-refractivity contribution in [3.05, 3.63) is 23.8 Å². The molecule has 11 heteroatoms. The maximum atomic E-state index is 14.7. The van der Waals surface area contributed by atoms with Crippen LogP contribution in [0.4, 0.5) is 14.7 Å². The summed E-state index contributed by atoms with van der Waals surface area (Å²) in [5, 5.41) is 7.79. The van der Waals surface area contributed by atoms with E-state index < -0.39 is 17.4 Å². The minimum Gasteiger partial charge on any atom is -0.494 e. The van der Waals surface area contributed by atoms with Gasteiger partial charge < -0.3 is 20.7 Å². The second-order valence-corrected chi connectivity index (χ2v) is 8.29. The van der Waals surface area contributed by atoms with Gasteiger partial charge in [-0.1, -0.05) is 0 Å². The van der Waals surface area contributed by atoms with Crippen LogP contribution in [-0.4, -0.2) is 69.3 Å². The highest BCUT2D eigenvalue weighted by Crippen LogP contribution is 2.27. The van der Waals surface area contributed by atoms with Crippen molar-refractivity contribution in [1.82, 2.24) is 29.8 Å². The molecule has 9 nitrogen and oxygen atoms in total. The Labute approximate surface area is 196 Å². The van der Waals surface area contributed by atoms with Crippen LogP contribution in [-0.2, 0) is 11.2 Å². The van der Waals surface area contributed by atoms with E-state index in [0.29, 0.717) is 48.2 Å². The lowest BCUT2D eigenvalue weighted by molar-refractivity contribution is -0.143. The lowest BCUT2D eigenvalue weighted by Crippen LogP contribution is -2.49. The number of amides is 1. The number of aryl methyl sites for hydroxylation is 1. The summed E-state index contributed by atoms with van der Waals surface area (Å²) < 4.78 is 35.4. The molecule has 1 fully saturated rings. The van der Waals surface area contributed by atoms with E-state index in [4.69, 9.17) is 10.5 Å². The van der Waals surface area contributed by atoms with Crippen molar-refractivity contribution in [3.63, 3.8) is 0 Å². The predicted octanol–water partition coefficient (Wildman–Crippen LogP) is 2.13. The molecule has 34 heavy (non-hydrogen) atoms. The highest BCUT2D eigenvalue weighted by Gasteiger charge is 2.44. The van der Waals surface area contributed by atoms with E-state index in [0.717, 1.165) is 0 Å². The number of halogens is 2. The molecule has 0 spiro atoms. The number of benzene rings is 1. The number of terminal acetylenes is 1. The molecule has 1 aliphatic heterocycles. The smallest absolute Gasteiger partial charge is 0.261 e. The van der Waals surface area contributed by atoms with Crippen LogP contribution in [0.15, 0.2) is 12.1 Å². The molecule has 182 valence electrons. The maximum absolute atomic E-state index is 14.7. The number of nitrogen functional groups attached to an aromatic ring is 1. The van der Waals surface area contributed by atoms with E-state index in [1.165, 1.54) is 28.7 Å². The van der Waals surface area contributed by atoms with Gasteiger partial charge >= 0.3 is 0 Å². The first kappa shape index (κ1) is 25.1. The van der Waals surface area contributed by atoms with Gasteiger partial charge in [0, 0.05) is 43.9 Å². The van der Waals surface area contributed by atoms with Gasteiger partial charge in [0.1, 0.15) is 0 Å². The van der Waals surface area contributed by atoms with Crippen LogP contribution in [0.2, 0.25) is 0 Å². The minimum absolute atomic E-state index is 0.0595. The average molecular weight is 474 g/mol. The number of carbonyl (C=O) groups is 1. The number of fused-ring (bicyclic) bond motifs is 3. The molecule has 0 saturated carbocycles. The minimum atomic E-state index is -1.82. The van der Waals surface area contributed by atoms with Crippen molar-refractivity contribution in [1.29, 1.82) is 0 Å². The Bertz CT molecular complexity index is 1200. The zero-order valence-corrected chi connectivity index (χ0v) is 19.5. The van der Waals surface area contributed by atoms with E-state index in [2.05, 4.69) is 33.2 Å². The van der Waals surface area contributed by atoms with Crippen LogP contribution in [0.1, 0.15) is 32.0 Å². The number of hydrogen-bond acceptors (Lipinski definition) is 7. The Balaban J connectivity index is 0.00000158. The van der Waals surface area contributed by atoms with Gasteiger partial charge in [-0.15, -0.1) is 17.9 Å². The van der Waals surface area contributed by atoms with Gasteiger partial charge in [0.05, 0.1) is 12.6 Å². The summed E-state index contributed by atoms with van der Waals surface area (Å²) in [6.45, 7) is 2.46. The number of methoxy groups -OCH3 is 1. The number of hydrogen-bond donors (Lipinski definition) is 2. The van der Waals surface area contributed by atoms with Crippen LogP contribution in [0.3, 0.4) is 0 Å². The first-order chi connectivity index (χ1) is 16.2. The molecule has 1 amide bonds. The molecule has 0 radical (unpaired) electrons. The number of alkyl halides is 1. The van der Waals surface area contributed by atoms with E-state index in [1.54, 1.807) is 7.05 Å². The number of nitrogens with two attached hydrogens (primary N) is 1. The molecule has 3 aromatic rings. The fourth-order valence-electron chi connectivity index (χ4n) is 4.05. The van der Waals surface area contributed by atoms with E-state index in [9.17, 15) is 13.6 Å². The Morgan fingerprint density at radius 2 is 2.15 bits per heavy atom. The number of anilines is 1. The van der Waals surface area contributed by atoms with E-state index in [1.807, 2.05) is 6.92 Å². The molecular formula is C23H29F2N7O2. The molecule has 4 rings (SSSR count). The molecule has 1 aromatic carbocycles. The van der Waals surface area contributed by atoms with Crippen LogP contribution in [0.25, 0.3) is 16.6 Å². The molecule has 2 atom stereocenters. The van der Waals surface area contributed by atoms with Gasteiger partial charge in [-0.3, -0.25) is 4.79 Å². The first-order valence-electron chi connectivity index (χ1n) is 10.9. The number of aromatic nitrogens is 4. The lowest BCUT2D eigenvalue weighted by Gasteiger charge is -2.30. The molecular weight excluding hydrogens is 444 g/mol. The molecule has 1 saturated heterocycles. The third-order valence-electron chi connectivity index (χ3n) is 6.10. The van der Waals surface area contributed by atoms with Gasteiger partial charge in [-0.25, -0.2) is 18.7 Å². The van der Waals surface area contributed by atoms with E-state index in [-0.39, 0.29) is 30.7 Å². The summed E-state index contributed by atoms with van der Waals surface area (Å²) in [6.07, 6.45) is 10.1. The highest BCUT2D eigenvalue weighted by atomic mass is 19.1. The molecule has 1 aliphatic rings. The number of rotatable bonds is 7. The Hall–Kier alpha value is -3.52. The van der Waals surface area contributed by atoms with Crippen molar-refractivity contribution in [3.8, 4) is 18.6 Å². The van der Waals surface area contributed by atoms with Gasteiger partial charge in [0.15, 0.2) is 23.0 Å². The lowest BCUT2D eigenvalue weighted by atomic mass is 10.0. The van der Waals surface area contributed by atoms with Gasteiger partial charge in [0.25, 0.3) is 5.91 Å². The predicted molar refractivity (Wildman–Crippen MR) is 126 cm³/mol. The Morgan fingerprint density at radius 1 is 1.41 bits per heavy atom. The molecule has 0 bridgehead atoms. The molecule has 3 N–H and O–H groups in total. The Morgan fingerprint density at radius 3 is 2.79 bits per heavy atom. The molecule has 2 aromatic heterocycles. The third-order valence-corrected chi connectivity index (χ3v) is 6.10. The second kappa shape index (κ2) is 10.2. The summed E-state index contributed by atoms with van der Waals surface area (Å²) in [7, 11) is 3.02. The number of nitrogens with zero attached hydrogens (tertiary/aromatic N) is 5. The van der Waals surface area contributed by atoms with Crippen molar-refractivity contribution in [2.75, 3.05) is 33.0 Å². The number of nitrogens with one attached hydrogen (secondary N) is 1. The van der Waals surface area contributed by atoms with Gasteiger partial charge in [-0.2, -0.15) is 4.52 Å². The fraction of sp³-hybridized carbons (Fsp3) is 0.478. The Kier molecular flexibility index (Phi) is 7.51. The number of ether oxygens (including phenoxy) is 1. The first-order valence-corrected chi connectivity index (χ1v) is 10.9. The van der Waals surface area contributed by atoms with Crippen LogP contribution < -0.4 is 15.8 Å². The van der Waals surface area contributed by atoms with Crippen LogP contribution in [0.5, 0.6) is 5.75 Å².